The second-order valence-corrected chi connectivity index (χ2v) is 9.41. The van der Waals surface area contributed by atoms with E-state index in [0.29, 0.717) is 0 Å². The Labute approximate surface area is 236 Å². The predicted octanol–water partition coefficient (Wildman–Crippen LogP) is 11.4. The monoisotopic (exact) mass is 561 g/mol. The Balaban J connectivity index is 0.000000281. The average molecular weight is 563 g/mol. The van der Waals surface area contributed by atoms with Crippen molar-refractivity contribution in [1.29, 1.82) is 0 Å². The summed E-state index contributed by atoms with van der Waals surface area (Å²) in [7, 11) is 0. The van der Waals surface area contributed by atoms with Gasteiger partial charge in [0.1, 0.15) is 0 Å². The largest absolute Gasteiger partial charge is 0.309 e. The fraction of sp³-hybridized carbons (Fsp3) is 0.111. The molecule has 5 aromatic carbocycles. The van der Waals surface area contributed by atoms with E-state index in [0.717, 1.165) is 4.47 Å². The van der Waals surface area contributed by atoms with Crippen LogP contribution in [0.5, 0.6) is 0 Å². The molecule has 1 heterocycles. The number of fused-ring (bicyclic) bond motifs is 3. The number of aryl methyl sites for hydroxylation is 1. The lowest BCUT2D eigenvalue weighted by Gasteiger charge is -2.09. The van der Waals surface area contributed by atoms with Crippen LogP contribution in [0.3, 0.4) is 0 Å². The summed E-state index contributed by atoms with van der Waals surface area (Å²) in [6, 6.07) is 44.6. The van der Waals surface area contributed by atoms with Crippen LogP contribution in [0.15, 0.2) is 145 Å². The molecular formula is C36H36BrN. The van der Waals surface area contributed by atoms with E-state index in [1.54, 1.807) is 6.08 Å². The maximum atomic E-state index is 3.61. The molecule has 0 bridgehead atoms. The normalized spacial score (nSPS) is 9.82. The van der Waals surface area contributed by atoms with Crippen molar-refractivity contribution in [2.45, 2.75) is 27.7 Å². The van der Waals surface area contributed by atoms with Crippen molar-refractivity contribution in [3.63, 3.8) is 0 Å². The van der Waals surface area contributed by atoms with Crippen LogP contribution in [-0.2, 0) is 0 Å². The van der Waals surface area contributed by atoms with Gasteiger partial charge in [0.25, 0.3) is 0 Å². The lowest BCUT2D eigenvalue weighted by Crippen LogP contribution is -1.93. The highest BCUT2D eigenvalue weighted by Gasteiger charge is 2.12. The third-order valence-electron chi connectivity index (χ3n) is 5.81. The van der Waals surface area contributed by atoms with Gasteiger partial charge in [0, 0.05) is 20.9 Å². The van der Waals surface area contributed by atoms with E-state index >= 15 is 0 Å². The Morgan fingerprint density at radius 1 is 0.605 bits per heavy atom. The lowest BCUT2D eigenvalue weighted by molar-refractivity contribution is 1.18. The minimum atomic E-state index is 1.10. The van der Waals surface area contributed by atoms with E-state index in [1.165, 1.54) is 44.2 Å². The summed E-state index contributed by atoms with van der Waals surface area (Å²) in [5, 5.41) is 2.54. The average Bonchev–Trinajstić information content (AvgIpc) is 3.29. The van der Waals surface area contributed by atoms with Gasteiger partial charge in [0.15, 0.2) is 0 Å². The first-order valence-corrected chi connectivity index (χ1v) is 13.8. The summed E-state index contributed by atoms with van der Waals surface area (Å²) in [6.07, 6.45) is 1.75. The van der Waals surface area contributed by atoms with Gasteiger partial charge in [-0.05, 0) is 61.4 Å². The molecule has 6 aromatic rings. The van der Waals surface area contributed by atoms with E-state index in [-0.39, 0.29) is 0 Å². The SMILES string of the molecule is Brc1ccc2c(c1)c1ccccc1n2-c1ccc(-c2ccccc2)cc1.C=CC.CC.Cc1ccccc1. The number of allylic oxidation sites excluding steroid dienone is 1. The summed E-state index contributed by atoms with van der Waals surface area (Å²) in [4.78, 5) is 0. The van der Waals surface area contributed by atoms with Crippen molar-refractivity contribution in [2.75, 3.05) is 0 Å². The van der Waals surface area contributed by atoms with Crippen molar-refractivity contribution in [2.24, 2.45) is 0 Å². The van der Waals surface area contributed by atoms with E-state index in [1.807, 2.05) is 45.0 Å². The number of benzene rings is 5. The molecule has 0 unspecified atom stereocenters. The Bertz CT molecular complexity index is 1550. The van der Waals surface area contributed by atoms with Gasteiger partial charge in [-0.2, -0.15) is 0 Å². The maximum Gasteiger partial charge on any atom is 0.0541 e. The predicted molar refractivity (Wildman–Crippen MR) is 172 cm³/mol. The van der Waals surface area contributed by atoms with Crippen LogP contribution in [0.25, 0.3) is 38.6 Å². The van der Waals surface area contributed by atoms with Gasteiger partial charge in [-0.1, -0.05) is 132 Å². The first-order chi connectivity index (χ1) is 18.6. The molecule has 0 N–H and O–H groups in total. The van der Waals surface area contributed by atoms with E-state index in [4.69, 9.17) is 0 Å². The first kappa shape index (κ1) is 28.7. The molecular weight excluding hydrogens is 526 g/mol. The third-order valence-corrected chi connectivity index (χ3v) is 6.30. The van der Waals surface area contributed by atoms with Crippen molar-refractivity contribution in [3.8, 4) is 16.8 Å². The van der Waals surface area contributed by atoms with Gasteiger partial charge < -0.3 is 4.57 Å². The minimum absolute atomic E-state index is 1.10. The van der Waals surface area contributed by atoms with Crippen LogP contribution < -0.4 is 0 Å². The zero-order chi connectivity index (χ0) is 27.3. The maximum absolute atomic E-state index is 3.61. The van der Waals surface area contributed by atoms with Crippen molar-refractivity contribution in [3.05, 3.63) is 150 Å². The van der Waals surface area contributed by atoms with Crippen molar-refractivity contribution < 1.29 is 0 Å². The fourth-order valence-electron chi connectivity index (χ4n) is 4.19. The molecule has 0 fully saturated rings. The van der Waals surface area contributed by atoms with Gasteiger partial charge in [-0.3, -0.25) is 0 Å². The number of hydrogen-bond donors (Lipinski definition) is 0. The molecule has 1 nitrogen and oxygen atoms in total. The second kappa shape index (κ2) is 14.8. The van der Waals surface area contributed by atoms with Crippen LogP contribution in [0, 0.1) is 6.92 Å². The molecule has 0 aliphatic carbocycles. The van der Waals surface area contributed by atoms with E-state index in [9.17, 15) is 0 Å². The Kier molecular flexibility index (Phi) is 11.1. The fourth-order valence-corrected chi connectivity index (χ4v) is 4.55. The number of nitrogens with zero attached hydrogens (tertiary/aromatic N) is 1. The molecule has 192 valence electrons. The molecule has 38 heavy (non-hydrogen) atoms. The third kappa shape index (κ3) is 7.12. The highest BCUT2D eigenvalue weighted by Crippen LogP contribution is 2.34. The smallest absolute Gasteiger partial charge is 0.0541 e. The highest BCUT2D eigenvalue weighted by atomic mass is 79.9. The Morgan fingerprint density at radius 2 is 1.11 bits per heavy atom. The molecule has 0 aliphatic heterocycles. The molecule has 0 atom stereocenters. The van der Waals surface area contributed by atoms with Crippen LogP contribution in [0.2, 0.25) is 0 Å². The van der Waals surface area contributed by atoms with Gasteiger partial charge in [-0.25, -0.2) is 0 Å². The molecule has 0 amide bonds. The molecule has 1 aromatic heterocycles. The van der Waals surface area contributed by atoms with Crippen molar-refractivity contribution >= 4 is 37.7 Å². The summed E-state index contributed by atoms with van der Waals surface area (Å²) >= 11 is 3.61. The minimum Gasteiger partial charge on any atom is -0.309 e. The highest BCUT2D eigenvalue weighted by molar-refractivity contribution is 9.10. The second-order valence-electron chi connectivity index (χ2n) is 8.49. The summed E-state index contributed by atoms with van der Waals surface area (Å²) in [5.41, 5.74) is 7.43. The summed E-state index contributed by atoms with van der Waals surface area (Å²) in [5.74, 6) is 0. The number of hydrogen-bond acceptors (Lipinski definition) is 0. The molecule has 0 saturated carbocycles. The van der Waals surface area contributed by atoms with E-state index < -0.39 is 0 Å². The molecule has 0 saturated heterocycles. The lowest BCUT2D eigenvalue weighted by atomic mass is 10.1. The van der Waals surface area contributed by atoms with Crippen LogP contribution in [-0.4, -0.2) is 4.57 Å². The molecule has 0 radical (unpaired) electrons. The number of rotatable bonds is 2. The van der Waals surface area contributed by atoms with E-state index in [2.05, 4.69) is 137 Å². The summed E-state index contributed by atoms with van der Waals surface area (Å²) in [6.45, 7) is 11.3. The van der Waals surface area contributed by atoms with Crippen LogP contribution in [0.4, 0.5) is 0 Å². The zero-order valence-electron chi connectivity index (χ0n) is 22.7. The van der Waals surface area contributed by atoms with Crippen molar-refractivity contribution in [1.82, 2.24) is 4.57 Å². The van der Waals surface area contributed by atoms with Gasteiger partial charge in [0.05, 0.1) is 11.0 Å². The standard InChI is InChI=1S/C24H16BrN.C7H8.C3H6.C2H6/c25-19-12-15-24-22(16-19)21-8-4-5-9-23(21)26(24)20-13-10-18(11-14-20)17-6-2-1-3-7-17;1-7-5-3-2-4-6-7;1-3-2;1-2/h1-16H;2-6H,1H3;3H,1H2,2H3;1-2H3. The topological polar surface area (TPSA) is 4.93 Å². The van der Waals surface area contributed by atoms with Gasteiger partial charge >= 0.3 is 0 Å². The molecule has 2 heteroatoms. The van der Waals surface area contributed by atoms with Gasteiger partial charge in [-0.15, -0.1) is 6.58 Å². The van der Waals surface area contributed by atoms with Gasteiger partial charge in [0.2, 0.25) is 0 Å². The quantitative estimate of drug-likeness (QED) is 0.185. The number of aromatic nitrogens is 1. The first-order valence-electron chi connectivity index (χ1n) is 13.1. The van der Waals surface area contributed by atoms with Crippen LogP contribution >= 0.6 is 15.9 Å². The molecule has 6 rings (SSSR count). The summed E-state index contributed by atoms with van der Waals surface area (Å²) < 4.78 is 3.44. The molecule has 0 spiro atoms. The Morgan fingerprint density at radius 3 is 1.68 bits per heavy atom. The zero-order valence-corrected chi connectivity index (χ0v) is 24.3. The molecule has 0 aliphatic rings. The van der Waals surface area contributed by atoms with Crippen LogP contribution in [0.1, 0.15) is 26.3 Å². The number of para-hydroxylation sites is 1. The Hall–Kier alpha value is -3.88. The number of halogens is 1.